The van der Waals surface area contributed by atoms with Crippen LogP contribution in [0.1, 0.15) is 18.4 Å². The molecule has 2 saturated heterocycles. The SMILES string of the molecule is O=C(OCc1ccccc1)N1CC[C@H]2O[C@@H]2CC1. The summed E-state index contributed by atoms with van der Waals surface area (Å²) in [6.07, 6.45) is 2.44. The summed E-state index contributed by atoms with van der Waals surface area (Å²) < 4.78 is 10.8. The molecule has 2 heterocycles. The van der Waals surface area contributed by atoms with E-state index in [0.717, 1.165) is 31.5 Å². The fourth-order valence-electron chi connectivity index (χ4n) is 2.36. The third-order valence-electron chi connectivity index (χ3n) is 3.52. The minimum atomic E-state index is -0.208. The second-order valence-electron chi connectivity index (χ2n) is 4.82. The summed E-state index contributed by atoms with van der Waals surface area (Å²) in [5.41, 5.74) is 1.02. The normalized spacial score (nSPS) is 26.1. The van der Waals surface area contributed by atoms with Crippen molar-refractivity contribution in [2.75, 3.05) is 13.1 Å². The van der Waals surface area contributed by atoms with E-state index in [2.05, 4.69) is 0 Å². The molecule has 0 spiro atoms. The molecule has 0 radical (unpaired) electrons. The Hall–Kier alpha value is -1.55. The number of hydrogen-bond acceptors (Lipinski definition) is 3. The van der Waals surface area contributed by atoms with Gasteiger partial charge in [-0.1, -0.05) is 30.3 Å². The molecule has 2 atom stereocenters. The lowest BCUT2D eigenvalue weighted by molar-refractivity contribution is 0.0936. The Labute approximate surface area is 106 Å². The van der Waals surface area contributed by atoms with Gasteiger partial charge in [-0.25, -0.2) is 4.79 Å². The molecular formula is C14H17NO3. The van der Waals surface area contributed by atoms with Crippen molar-refractivity contribution in [2.24, 2.45) is 0 Å². The van der Waals surface area contributed by atoms with Gasteiger partial charge in [0.25, 0.3) is 0 Å². The van der Waals surface area contributed by atoms with E-state index in [1.807, 2.05) is 30.3 Å². The minimum absolute atomic E-state index is 0.208. The zero-order chi connectivity index (χ0) is 12.4. The third kappa shape index (κ3) is 2.64. The first-order valence-corrected chi connectivity index (χ1v) is 6.44. The summed E-state index contributed by atoms with van der Waals surface area (Å²) in [6.45, 7) is 1.84. The van der Waals surface area contributed by atoms with Crippen LogP contribution in [0.5, 0.6) is 0 Å². The molecule has 2 aliphatic rings. The first-order chi connectivity index (χ1) is 8.83. The number of ether oxygens (including phenoxy) is 2. The molecule has 0 bridgehead atoms. The van der Waals surface area contributed by atoms with Gasteiger partial charge in [0.15, 0.2) is 0 Å². The quantitative estimate of drug-likeness (QED) is 0.752. The monoisotopic (exact) mass is 247 g/mol. The smallest absolute Gasteiger partial charge is 0.410 e. The van der Waals surface area contributed by atoms with Crippen molar-refractivity contribution in [2.45, 2.75) is 31.7 Å². The number of nitrogens with zero attached hydrogens (tertiary/aromatic N) is 1. The zero-order valence-corrected chi connectivity index (χ0v) is 10.2. The van der Waals surface area contributed by atoms with Gasteiger partial charge in [-0.15, -0.1) is 0 Å². The molecule has 0 saturated carbocycles. The Morgan fingerprint density at radius 2 is 1.89 bits per heavy atom. The van der Waals surface area contributed by atoms with E-state index < -0.39 is 0 Å². The molecule has 96 valence electrons. The summed E-state index contributed by atoms with van der Waals surface area (Å²) in [5.74, 6) is 0. The third-order valence-corrected chi connectivity index (χ3v) is 3.52. The van der Waals surface area contributed by atoms with Crippen LogP contribution in [0.3, 0.4) is 0 Å². The lowest BCUT2D eigenvalue weighted by atomic mass is 10.2. The summed E-state index contributed by atoms with van der Waals surface area (Å²) in [6, 6.07) is 9.75. The average Bonchev–Trinajstić information content (AvgIpc) is 3.16. The van der Waals surface area contributed by atoms with Gasteiger partial charge in [-0.05, 0) is 18.4 Å². The number of epoxide rings is 1. The standard InChI is InChI=1S/C14H17NO3/c16-14(17-10-11-4-2-1-3-5-11)15-8-6-12-13(18-12)7-9-15/h1-5,12-13H,6-10H2/t12-,13-/m1/s1. The van der Waals surface area contributed by atoms with E-state index in [-0.39, 0.29) is 6.09 Å². The van der Waals surface area contributed by atoms with Gasteiger partial charge in [0.2, 0.25) is 0 Å². The summed E-state index contributed by atoms with van der Waals surface area (Å²) >= 11 is 0. The van der Waals surface area contributed by atoms with Crippen LogP contribution in [0.4, 0.5) is 4.79 Å². The second kappa shape index (κ2) is 4.98. The number of benzene rings is 1. The topological polar surface area (TPSA) is 42.1 Å². The predicted octanol–water partition coefficient (Wildman–Crippen LogP) is 2.19. The molecule has 2 fully saturated rings. The van der Waals surface area contributed by atoms with Gasteiger partial charge in [-0.3, -0.25) is 0 Å². The molecule has 1 amide bonds. The van der Waals surface area contributed by atoms with Crippen LogP contribution in [0.2, 0.25) is 0 Å². The number of rotatable bonds is 2. The largest absolute Gasteiger partial charge is 0.445 e. The van der Waals surface area contributed by atoms with Crippen LogP contribution in [0.25, 0.3) is 0 Å². The van der Waals surface area contributed by atoms with Gasteiger partial charge in [0.05, 0.1) is 12.2 Å². The number of amides is 1. The predicted molar refractivity (Wildman–Crippen MR) is 66.1 cm³/mol. The molecule has 0 aromatic heterocycles. The fraction of sp³-hybridized carbons (Fsp3) is 0.500. The van der Waals surface area contributed by atoms with E-state index in [1.54, 1.807) is 4.90 Å². The lowest BCUT2D eigenvalue weighted by Gasteiger charge is -2.20. The number of hydrogen-bond donors (Lipinski definition) is 0. The Balaban J connectivity index is 1.49. The van der Waals surface area contributed by atoms with E-state index >= 15 is 0 Å². The van der Waals surface area contributed by atoms with Crippen molar-refractivity contribution in [3.05, 3.63) is 35.9 Å². The number of fused-ring (bicyclic) bond motifs is 1. The summed E-state index contributed by atoms with van der Waals surface area (Å²) in [4.78, 5) is 13.7. The van der Waals surface area contributed by atoms with Crippen molar-refractivity contribution in [1.29, 1.82) is 0 Å². The Kier molecular flexibility index (Phi) is 3.19. The van der Waals surface area contributed by atoms with Gasteiger partial charge in [0.1, 0.15) is 6.61 Å². The maximum atomic E-state index is 11.9. The Bertz CT molecular complexity index is 408. The van der Waals surface area contributed by atoms with Crippen LogP contribution < -0.4 is 0 Å². The fourth-order valence-corrected chi connectivity index (χ4v) is 2.36. The Morgan fingerprint density at radius 1 is 1.22 bits per heavy atom. The van der Waals surface area contributed by atoms with Crippen LogP contribution in [-0.2, 0) is 16.1 Å². The highest BCUT2D eigenvalue weighted by atomic mass is 16.6. The molecule has 4 nitrogen and oxygen atoms in total. The van der Waals surface area contributed by atoms with Crippen molar-refractivity contribution in [3.63, 3.8) is 0 Å². The van der Waals surface area contributed by atoms with Crippen LogP contribution in [0, 0.1) is 0 Å². The van der Waals surface area contributed by atoms with Gasteiger partial charge in [-0.2, -0.15) is 0 Å². The number of carbonyl (C=O) groups is 1. The number of likely N-dealkylation sites (tertiary alicyclic amines) is 1. The van der Waals surface area contributed by atoms with Crippen molar-refractivity contribution in [1.82, 2.24) is 4.90 Å². The number of carbonyl (C=O) groups excluding carboxylic acids is 1. The summed E-state index contributed by atoms with van der Waals surface area (Å²) in [7, 11) is 0. The molecule has 18 heavy (non-hydrogen) atoms. The summed E-state index contributed by atoms with van der Waals surface area (Å²) in [5, 5.41) is 0. The molecule has 2 aliphatic heterocycles. The molecule has 0 unspecified atom stereocenters. The van der Waals surface area contributed by atoms with Crippen molar-refractivity contribution < 1.29 is 14.3 Å². The first kappa shape index (κ1) is 11.5. The minimum Gasteiger partial charge on any atom is -0.445 e. The molecule has 1 aromatic carbocycles. The van der Waals surface area contributed by atoms with E-state index in [4.69, 9.17) is 9.47 Å². The molecule has 4 heteroatoms. The zero-order valence-electron chi connectivity index (χ0n) is 10.2. The Morgan fingerprint density at radius 3 is 2.56 bits per heavy atom. The van der Waals surface area contributed by atoms with Crippen molar-refractivity contribution >= 4 is 6.09 Å². The van der Waals surface area contributed by atoms with Crippen LogP contribution in [-0.4, -0.2) is 36.3 Å². The van der Waals surface area contributed by atoms with Crippen LogP contribution >= 0.6 is 0 Å². The van der Waals surface area contributed by atoms with Crippen molar-refractivity contribution in [3.8, 4) is 0 Å². The average molecular weight is 247 g/mol. The lowest BCUT2D eigenvalue weighted by Crippen LogP contribution is -2.33. The van der Waals surface area contributed by atoms with E-state index in [1.165, 1.54) is 0 Å². The first-order valence-electron chi connectivity index (χ1n) is 6.44. The second-order valence-corrected chi connectivity index (χ2v) is 4.82. The van der Waals surface area contributed by atoms with Gasteiger partial charge >= 0.3 is 6.09 Å². The molecular weight excluding hydrogens is 230 g/mol. The maximum Gasteiger partial charge on any atom is 0.410 e. The molecule has 0 N–H and O–H groups in total. The van der Waals surface area contributed by atoms with E-state index in [9.17, 15) is 4.79 Å². The maximum absolute atomic E-state index is 11.9. The van der Waals surface area contributed by atoms with Crippen LogP contribution in [0.15, 0.2) is 30.3 Å². The van der Waals surface area contributed by atoms with Gasteiger partial charge < -0.3 is 14.4 Å². The highest BCUT2D eigenvalue weighted by Gasteiger charge is 2.41. The highest BCUT2D eigenvalue weighted by molar-refractivity contribution is 5.67. The molecule has 0 aliphatic carbocycles. The molecule has 1 aromatic rings. The van der Waals surface area contributed by atoms with E-state index in [0.29, 0.717) is 18.8 Å². The highest BCUT2D eigenvalue weighted by Crippen LogP contribution is 2.31. The molecule has 3 rings (SSSR count). The van der Waals surface area contributed by atoms with Gasteiger partial charge in [0, 0.05) is 13.1 Å².